The van der Waals surface area contributed by atoms with E-state index in [0.29, 0.717) is 23.1 Å². The van der Waals surface area contributed by atoms with Gasteiger partial charge in [0.1, 0.15) is 0 Å². The molecule has 4 rings (SSSR count). The summed E-state index contributed by atoms with van der Waals surface area (Å²) in [7, 11) is 1.66. The van der Waals surface area contributed by atoms with Crippen molar-refractivity contribution in [3.05, 3.63) is 67.9 Å². The number of hydrogen-bond acceptors (Lipinski definition) is 4. The molecule has 0 amide bonds. The Balaban J connectivity index is 1.71. The molecule has 1 aliphatic rings. The van der Waals surface area contributed by atoms with Gasteiger partial charge in [-0.2, -0.15) is 0 Å². The zero-order valence-electron chi connectivity index (χ0n) is 15.7. The van der Waals surface area contributed by atoms with Gasteiger partial charge in [-0.3, -0.25) is 24.3 Å². The SMILES string of the molecule is Cc1c2c(=O)n(C)[nH]c2cc(=O)n1Cc1ccccc1CN1CCOCC1. The summed E-state index contributed by atoms with van der Waals surface area (Å²) in [5.74, 6) is 0. The third-order valence-electron chi connectivity index (χ3n) is 5.32. The van der Waals surface area contributed by atoms with Crippen molar-refractivity contribution in [2.75, 3.05) is 26.3 Å². The molecule has 142 valence electrons. The largest absolute Gasteiger partial charge is 0.379 e. The minimum absolute atomic E-state index is 0.108. The predicted octanol–water partition coefficient (Wildman–Crippen LogP) is 1.22. The van der Waals surface area contributed by atoms with E-state index in [-0.39, 0.29) is 11.1 Å². The number of nitrogens with zero attached hydrogens (tertiary/aromatic N) is 3. The van der Waals surface area contributed by atoms with Crippen LogP contribution >= 0.6 is 0 Å². The number of morpholine rings is 1. The third kappa shape index (κ3) is 3.36. The molecular formula is C20H24N4O3. The van der Waals surface area contributed by atoms with Gasteiger partial charge in [0.25, 0.3) is 11.1 Å². The summed E-state index contributed by atoms with van der Waals surface area (Å²) < 4.78 is 8.53. The molecule has 0 radical (unpaired) electrons. The molecule has 27 heavy (non-hydrogen) atoms. The van der Waals surface area contributed by atoms with Crippen LogP contribution in [-0.2, 0) is 24.9 Å². The smallest absolute Gasteiger partial charge is 0.275 e. The van der Waals surface area contributed by atoms with E-state index in [1.165, 1.54) is 16.3 Å². The van der Waals surface area contributed by atoms with Crippen molar-refractivity contribution < 1.29 is 4.74 Å². The Kier molecular flexibility index (Phi) is 4.72. The number of hydrogen-bond donors (Lipinski definition) is 1. The van der Waals surface area contributed by atoms with Crippen LogP contribution in [0.2, 0.25) is 0 Å². The van der Waals surface area contributed by atoms with Crippen LogP contribution in [-0.4, -0.2) is 45.6 Å². The van der Waals surface area contributed by atoms with E-state index < -0.39 is 0 Å². The molecule has 1 aromatic carbocycles. The van der Waals surface area contributed by atoms with Gasteiger partial charge in [-0.05, 0) is 18.1 Å². The number of aromatic nitrogens is 3. The molecule has 7 heteroatoms. The maximum atomic E-state index is 12.7. The lowest BCUT2D eigenvalue weighted by Crippen LogP contribution is -2.36. The maximum Gasteiger partial charge on any atom is 0.275 e. The van der Waals surface area contributed by atoms with Crippen LogP contribution < -0.4 is 11.1 Å². The summed E-state index contributed by atoms with van der Waals surface area (Å²) in [6.07, 6.45) is 0. The van der Waals surface area contributed by atoms with Crippen molar-refractivity contribution in [3.8, 4) is 0 Å². The highest BCUT2D eigenvalue weighted by atomic mass is 16.5. The summed E-state index contributed by atoms with van der Waals surface area (Å²) in [6.45, 7) is 6.47. The van der Waals surface area contributed by atoms with Crippen LogP contribution in [0.4, 0.5) is 0 Å². The van der Waals surface area contributed by atoms with Crippen molar-refractivity contribution in [1.82, 2.24) is 19.2 Å². The molecule has 3 aromatic rings. The Morgan fingerprint density at radius 2 is 1.74 bits per heavy atom. The zero-order chi connectivity index (χ0) is 19.0. The first kappa shape index (κ1) is 17.8. The van der Waals surface area contributed by atoms with Gasteiger partial charge in [-0.1, -0.05) is 24.3 Å². The minimum Gasteiger partial charge on any atom is -0.379 e. The maximum absolute atomic E-state index is 12.7. The fourth-order valence-electron chi connectivity index (χ4n) is 3.76. The number of fused-ring (bicyclic) bond motifs is 1. The Morgan fingerprint density at radius 1 is 1.07 bits per heavy atom. The van der Waals surface area contributed by atoms with Crippen LogP contribution in [0.1, 0.15) is 16.8 Å². The van der Waals surface area contributed by atoms with Gasteiger partial charge in [-0.25, -0.2) is 0 Å². The van der Waals surface area contributed by atoms with Gasteiger partial charge in [0.05, 0.1) is 30.7 Å². The molecule has 0 saturated carbocycles. The second-order valence-corrected chi connectivity index (χ2v) is 7.08. The number of pyridine rings is 1. The van der Waals surface area contributed by atoms with Crippen molar-refractivity contribution >= 4 is 10.9 Å². The Labute approximate surface area is 156 Å². The molecule has 0 spiro atoms. The molecule has 1 saturated heterocycles. The lowest BCUT2D eigenvalue weighted by atomic mass is 10.1. The number of aryl methyl sites for hydroxylation is 2. The molecule has 2 aromatic heterocycles. The van der Waals surface area contributed by atoms with Crippen molar-refractivity contribution in [1.29, 1.82) is 0 Å². The number of benzene rings is 1. The standard InChI is InChI=1S/C20H24N4O3/c1-14-19-17(21-22(2)20(19)26)11-18(25)24(14)13-16-6-4-3-5-15(16)12-23-7-9-27-10-8-23/h3-6,11,21H,7-10,12-13H2,1-2H3. The van der Waals surface area contributed by atoms with Gasteiger partial charge in [0.15, 0.2) is 0 Å². The molecule has 0 aliphatic carbocycles. The topological polar surface area (TPSA) is 72.3 Å². The van der Waals surface area contributed by atoms with E-state index in [0.717, 1.165) is 38.4 Å². The lowest BCUT2D eigenvalue weighted by Gasteiger charge is -2.27. The Morgan fingerprint density at radius 3 is 2.44 bits per heavy atom. The van der Waals surface area contributed by atoms with E-state index in [1.54, 1.807) is 11.6 Å². The molecule has 0 atom stereocenters. The first-order chi connectivity index (χ1) is 13.0. The fraction of sp³-hybridized carbons (Fsp3) is 0.400. The fourth-order valence-corrected chi connectivity index (χ4v) is 3.76. The third-order valence-corrected chi connectivity index (χ3v) is 5.32. The first-order valence-electron chi connectivity index (χ1n) is 9.20. The molecule has 7 nitrogen and oxygen atoms in total. The van der Waals surface area contributed by atoms with E-state index >= 15 is 0 Å². The van der Waals surface area contributed by atoms with E-state index in [2.05, 4.69) is 22.1 Å². The quantitative estimate of drug-likeness (QED) is 0.752. The lowest BCUT2D eigenvalue weighted by molar-refractivity contribution is 0.0340. The number of ether oxygens (including phenoxy) is 1. The van der Waals surface area contributed by atoms with E-state index in [1.807, 2.05) is 19.1 Å². The van der Waals surface area contributed by atoms with Gasteiger partial charge < -0.3 is 9.30 Å². The van der Waals surface area contributed by atoms with Gasteiger partial charge in [-0.15, -0.1) is 0 Å². The number of rotatable bonds is 4. The van der Waals surface area contributed by atoms with Crippen molar-refractivity contribution in [2.45, 2.75) is 20.0 Å². The summed E-state index contributed by atoms with van der Waals surface area (Å²) >= 11 is 0. The molecule has 0 unspecified atom stereocenters. The first-order valence-corrected chi connectivity index (χ1v) is 9.20. The normalized spacial score (nSPS) is 15.5. The summed E-state index contributed by atoms with van der Waals surface area (Å²) in [6, 6.07) is 9.70. The van der Waals surface area contributed by atoms with Crippen LogP contribution in [0.15, 0.2) is 39.9 Å². The molecule has 3 heterocycles. The monoisotopic (exact) mass is 368 g/mol. The van der Waals surface area contributed by atoms with Crippen molar-refractivity contribution in [3.63, 3.8) is 0 Å². The molecule has 1 fully saturated rings. The highest BCUT2D eigenvalue weighted by Gasteiger charge is 2.16. The van der Waals surface area contributed by atoms with Crippen LogP contribution in [0.3, 0.4) is 0 Å². The highest BCUT2D eigenvalue weighted by molar-refractivity contribution is 5.80. The summed E-state index contributed by atoms with van der Waals surface area (Å²) in [5, 5.41) is 3.51. The van der Waals surface area contributed by atoms with Gasteiger partial charge >= 0.3 is 0 Å². The van der Waals surface area contributed by atoms with E-state index in [4.69, 9.17) is 4.74 Å². The highest BCUT2D eigenvalue weighted by Crippen LogP contribution is 2.16. The van der Waals surface area contributed by atoms with E-state index in [9.17, 15) is 9.59 Å². The average Bonchev–Trinajstić information content (AvgIpc) is 2.94. The minimum atomic E-state index is -0.113. The second-order valence-electron chi connectivity index (χ2n) is 7.08. The number of aromatic amines is 1. The second kappa shape index (κ2) is 7.17. The molecular weight excluding hydrogens is 344 g/mol. The van der Waals surface area contributed by atoms with Gasteiger partial charge in [0.2, 0.25) is 0 Å². The summed E-state index contributed by atoms with van der Waals surface area (Å²) in [4.78, 5) is 27.4. The molecule has 1 N–H and O–H groups in total. The number of H-pyrrole nitrogens is 1. The number of nitrogens with one attached hydrogen (secondary N) is 1. The molecule has 1 aliphatic heterocycles. The predicted molar refractivity (Wildman–Crippen MR) is 104 cm³/mol. The average molecular weight is 368 g/mol. The zero-order valence-corrected chi connectivity index (χ0v) is 15.7. The van der Waals surface area contributed by atoms with Crippen LogP contribution in [0, 0.1) is 6.92 Å². The van der Waals surface area contributed by atoms with Crippen molar-refractivity contribution in [2.24, 2.45) is 7.05 Å². The van der Waals surface area contributed by atoms with Gasteiger partial charge in [0, 0.05) is 38.4 Å². The molecule has 0 bridgehead atoms. The Hall–Kier alpha value is -2.64. The van der Waals surface area contributed by atoms with Crippen LogP contribution in [0.25, 0.3) is 10.9 Å². The summed E-state index contributed by atoms with van der Waals surface area (Å²) in [5.41, 5.74) is 3.36. The Bertz CT molecular complexity index is 1090. The van der Waals surface area contributed by atoms with Crippen LogP contribution in [0.5, 0.6) is 0 Å².